The highest BCUT2D eigenvalue weighted by atomic mass is 16.1. The number of amides is 1. The van der Waals surface area contributed by atoms with E-state index in [-0.39, 0.29) is 11.9 Å². The van der Waals surface area contributed by atoms with Gasteiger partial charge in [-0.2, -0.15) is 5.10 Å². The number of rotatable bonds is 5. The maximum atomic E-state index is 12.1. The average Bonchev–Trinajstić information content (AvgIpc) is 3.07. The topological polar surface area (TPSA) is 80.3 Å². The van der Waals surface area contributed by atoms with Gasteiger partial charge in [0.1, 0.15) is 11.9 Å². The van der Waals surface area contributed by atoms with E-state index in [1.165, 1.54) is 0 Å². The number of aryl methyl sites for hydroxylation is 2. The van der Waals surface area contributed by atoms with Crippen LogP contribution in [0.5, 0.6) is 0 Å². The lowest BCUT2D eigenvalue weighted by molar-refractivity contribution is -0.123. The number of hydrogen-bond acceptors (Lipinski definition) is 5. The number of hydrogen-bond donors (Lipinski definition) is 1. The lowest BCUT2D eigenvalue weighted by atomic mass is 10.0. The van der Waals surface area contributed by atoms with Crippen molar-refractivity contribution in [3.05, 3.63) is 71.7 Å². The van der Waals surface area contributed by atoms with E-state index in [2.05, 4.69) is 25.9 Å². The highest BCUT2D eigenvalue weighted by Crippen LogP contribution is 2.24. The molecule has 2 aromatic heterocycles. The summed E-state index contributed by atoms with van der Waals surface area (Å²) < 4.78 is 1.90. The number of carbonyl (C=O) groups excluding carboxylic acids is 1. The molecular weight excluding hydrogens is 364 g/mol. The van der Waals surface area contributed by atoms with Crippen molar-refractivity contribution in [3.63, 3.8) is 0 Å². The Morgan fingerprint density at radius 2 is 1.76 bits per heavy atom. The fraction of sp³-hybridized carbons (Fsp3) is 0.318. The summed E-state index contributed by atoms with van der Waals surface area (Å²) >= 11 is 0. The molecule has 1 atom stereocenters. The first-order valence-corrected chi connectivity index (χ1v) is 9.86. The van der Waals surface area contributed by atoms with Crippen molar-refractivity contribution in [3.8, 4) is 5.69 Å². The zero-order valence-electron chi connectivity index (χ0n) is 16.8. The van der Waals surface area contributed by atoms with Gasteiger partial charge in [0.05, 0.1) is 17.6 Å². The highest BCUT2D eigenvalue weighted by Gasteiger charge is 2.29. The predicted octanol–water partition coefficient (Wildman–Crippen LogP) is 2.23. The van der Waals surface area contributed by atoms with Gasteiger partial charge >= 0.3 is 0 Å². The molecule has 1 saturated heterocycles. The monoisotopic (exact) mass is 390 g/mol. The van der Waals surface area contributed by atoms with E-state index >= 15 is 0 Å². The second-order valence-electron chi connectivity index (χ2n) is 7.45. The third-order valence-corrected chi connectivity index (χ3v) is 5.37. The van der Waals surface area contributed by atoms with Crippen LogP contribution in [0.25, 0.3) is 5.69 Å². The van der Waals surface area contributed by atoms with Crippen molar-refractivity contribution in [2.45, 2.75) is 19.9 Å². The van der Waals surface area contributed by atoms with Gasteiger partial charge in [-0.25, -0.2) is 9.67 Å². The summed E-state index contributed by atoms with van der Waals surface area (Å²) in [6.45, 7) is 7.12. The van der Waals surface area contributed by atoms with Crippen LogP contribution in [0, 0.1) is 13.8 Å². The molecule has 3 aromatic rings. The van der Waals surface area contributed by atoms with Gasteiger partial charge in [0, 0.05) is 31.9 Å². The van der Waals surface area contributed by atoms with Crippen molar-refractivity contribution in [2.24, 2.45) is 5.73 Å². The zero-order chi connectivity index (χ0) is 20.4. The number of primary amides is 1. The van der Waals surface area contributed by atoms with E-state index in [1.807, 2.05) is 67.2 Å². The first kappa shape index (κ1) is 19.1. The molecule has 2 N–H and O–H groups in total. The number of benzene rings is 1. The van der Waals surface area contributed by atoms with Gasteiger partial charge in [-0.05, 0) is 37.6 Å². The Balaban J connectivity index is 1.44. The number of anilines is 1. The Kier molecular flexibility index (Phi) is 5.31. The summed E-state index contributed by atoms with van der Waals surface area (Å²) in [5.41, 5.74) is 9.69. The summed E-state index contributed by atoms with van der Waals surface area (Å²) in [5, 5.41) is 4.51. The van der Waals surface area contributed by atoms with Crippen LogP contribution in [0.3, 0.4) is 0 Å². The second-order valence-corrected chi connectivity index (χ2v) is 7.45. The third kappa shape index (κ3) is 4.00. The van der Waals surface area contributed by atoms with Crippen molar-refractivity contribution < 1.29 is 4.79 Å². The van der Waals surface area contributed by atoms with Gasteiger partial charge in [0.25, 0.3) is 0 Å². The van der Waals surface area contributed by atoms with E-state index < -0.39 is 0 Å². The lowest BCUT2D eigenvalue weighted by Crippen LogP contribution is -2.50. The van der Waals surface area contributed by atoms with Crippen LogP contribution >= 0.6 is 0 Å². The number of carbonyl (C=O) groups is 1. The molecule has 29 heavy (non-hydrogen) atoms. The van der Waals surface area contributed by atoms with Gasteiger partial charge in [-0.3, -0.25) is 9.69 Å². The molecule has 0 aliphatic carbocycles. The van der Waals surface area contributed by atoms with Crippen LogP contribution in [0.15, 0.2) is 54.7 Å². The smallest absolute Gasteiger partial charge is 0.239 e. The predicted molar refractivity (Wildman–Crippen MR) is 113 cm³/mol. The summed E-state index contributed by atoms with van der Waals surface area (Å²) in [5.74, 6) is 0.627. The standard InChI is InChI=1S/C22H26N6O/c1-16-14-17(2)28(25-16)19-8-9-20(24-15-19)26-10-12-27(13-11-26)21(22(23)29)18-6-4-3-5-7-18/h3-9,14-15,21H,10-13H2,1-2H3,(H2,23,29)/t21-/m1/s1. The van der Waals surface area contributed by atoms with Crippen molar-refractivity contribution in [1.29, 1.82) is 0 Å². The Morgan fingerprint density at radius 3 is 2.31 bits per heavy atom. The Morgan fingerprint density at radius 1 is 1.03 bits per heavy atom. The van der Waals surface area contributed by atoms with Crippen molar-refractivity contribution in [1.82, 2.24) is 19.7 Å². The summed E-state index contributed by atoms with van der Waals surface area (Å²) in [7, 11) is 0. The minimum Gasteiger partial charge on any atom is -0.368 e. The summed E-state index contributed by atoms with van der Waals surface area (Å²) in [6.07, 6.45) is 1.86. The molecule has 0 spiro atoms. The molecule has 4 rings (SSSR count). The minimum absolute atomic E-state index is 0.308. The molecule has 1 amide bonds. The number of pyridine rings is 1. The second kappa shape index (κ2) is 8.05. The highest BCUT2D eigenvalue weighted by molar-refractivity contribution is 5.81. The Hall–Kier alpha value is -3.19. The molecule has 0 bridgehead atoms. The molecule has 150 valence electrons. The summed E-state index contributed by atoms with van der Waals surface area (Å²) in [6, 6.07) is 15.5. The quantitative estimate of drug-likeness (QED) is 0.723. The molecular formula is C22H26N6O. The van der Waals surface area contributed by atoms with E-state index in [9.17, 15) is 4.79 Å². The van der Waals surface area contributed by atoms with Crippen LogP contribution < -0.4 is 10.6 Å². The van der Waals surface area contributed by atoms with Gasteiger partial charge in [-0.1, -0.05) is 30.3 Å². The minimum atomic E-state index is -0.389. The molecule has 0 unspecified atom stereocenters. The fourth-order valence-corrected chi connectivity index (χ4v) is 3.98. The number of nitrogens with zero attached hydrogens (tertiary/aromatic N) is 5. The SMILES string of the molecule is Cc1cc(C)n(-c2ccc(N3CCN([C@@H](C(N)=O)c4ccccc4)CC3)nc2)n1. The van der Waals surface area contributed by atoms with Crippen LogP contribution in [-0.2, 0) is 4.79 Å². The Bertz CT molecular complexity index is 974. The van der Waals surface area contributed by atoms with Crippen molar-refractivity contribution >= 4 is 11.7 Å². The maximum Gasteiger partial charge on any atom is 0.239 e. The lowest BCUT2D eigenvalue weighted by Gasteiger charge is -2.38. The van der Waals surface area contributed by atoms with E-state index in [0.717, 1.165) is 54.6 Å². The zero-order valence-corrected chi connectivity index (χ0v) is 16.8. The molecule has 3 heterocycles. The molecule has 7 nitrogen and oxygen atoms in total. The molecule has 1 aromatic carbocycles. The van der Waals surface area contributed by atoms with Crippen LogP contribution in [0.1, 0.15) is 23.0 Å². The number of nitrogens with two attached hydrogens (primary N) is 1. The van der Waals surface area contributed by atoms with E-state index in [4.69, 9.17) is 5.73 Å². The average molecular weight is 390 g/mol. The van der Waals surface area contributed by atoms with E-state index in [0.29, 0.717) is 0 Å². The number of piperazine rings is 1. The van der Waals surface area contributed by atoms with Gasteiger partial charge in [0.15, 0.2) is 0 Å². The Labute approximate surface area is 170 Å². The molecule has 0 radical (unpaired) electrons. The summed E-state index contributed by atoms with van der Waals surface area (Å²) in [4.78, 5) is 21.1. The van der Waals surface area contributed by atoms with Crippen LogP contribution in [0.2, 0.25) is 0 Å². The third-order valence-electron chi connectivity index (χ3n) is 5.37. The molecule has 0 saturated carbocycles. The van der Waals surface area contributed by atoms with Gasteiger partial charge in [-0.15, -0.1) is 0 Å². The van der Waals surface area contributed by atoms with Crippen LogP contribution in [0.4, 0.5) is 5.82 Å². The van der Waals surface area contributed by atoms with Crippen molar-refractivity contribution in [2.75, 3.05) is 31.1 Å². The normalized spacial score (nSPS) is 16.0. The van der Waals surface area contributed by atoms with E-state index in [1.54, 1.807) is 0 Å². The first-order chi connectivity index (χ1) is 14.0. The fourth-order valence-electron chi connectivity index (χ4n) is 3.98. The molecule has 1 fully saturated rings. The molecule has 1 aliphatic rings. The largest absolute Gasteiger partial charge is 0.368 e. The van der Waals surface area contributed by atoms with Gasteiger partial charge < -0.3 is 10.6 Å². The molecule has 1 aliphatic heterocycles. The van der Waals surface area contributed by atoms with Gasteiger partial charge in [0.2, 0.25) is 5.91 Å². The maximum absolute atomic E-state index is 12.1. The number of aromatic nitrogens is 3. The molecule has 7 heteroatoms. The van der Waals surface area contributed by atoms with Crippen LogP contribution in [-0.4, -0.2) is 51.8 Å². The first-order valence-electron chi connectivity index (χ1n) is 9.86.